The van der Waals surface area contributed by atoms with E-state index in [1.165, 1.54) is 33.3 Å². The maximum absolute atomic E-state index is 12.1. The molecule has 5 nitrogen and oxygen atoms in total. The molecule has 0 radical (unpaired) electrons. The first-order valence-corrected chi connectivity index (χ1v) is 17.1. The molecule has 1 aromatic heterocycles. The molecule has 0 spiro atoms. The first-order chi connectivity index (χ1) is 23.3. The van der Waals surface area contributed by atoms with Crippen molar-refractivity contribution in [1.82, 2.24) is 10.3 Å². The van der Waals surface area contributed by atoms with E-state index in [0.717, 1.165) is 75.4 Å². The molecule has 0 aliphatic carbocycles. The third-order valence-electron chi connectivity index (χ3n) is 8.65. The SMILES string of the molecule is FC(F)(F)CCCCCCCCCOc1ccc(CNCc2ccc(N3Cc4ccccc4C3)cc2)cc1.Nc1cc2ccccc2[nH]1. The van der Waals surface area contributed by atoms with Crippen molar-refractivity contribution in [3.05, 3.63) is 125 Å². The number of nitrogens with two attached hydrogens (primary N) is 1. The van der Waals surface area contributed by atoms with E-state index in [2.05, 4.69) is 75.9 Å². The monoisotopic (exact) mass is 656 g/mol. The summed E-state index contributed by atoms with van der Waals surface area (Å²) in [6.07, 6.45) is 1.19. The van der Waals surface area contributed by atoms with Crippen LogP contribution in [0.2, 0.25) is 0 Å². The number of fused-ring (bicyclic) bond motifs is 2. The summed E-state index contributed by atoms with van der Waals surface area (Å²) < 4.78 is 42.2. The van der Waals surface area contributed by atoms with Gasteiger partial charge >= 0.3 is 6.18 Å². The lowest BCUT2D eigenvalue weighted by Crippen LogP contribution is -2.15. The van der Waals surface area contributed by atoms with Crippen molar-refractivity contribution in [3.8, 4) is 5.75 Å². The second-order valence-electron chi connectivity index (χ2n) is 12.5. The number of H-pyrrole nitrogens is 1. The Morgan fingerprint density at radius 3 is 1.88 bits per heavy atom. The average Bonchev–Trinajstić information content (AvgIpc) is 3.69. The highest BCUT2D eigenvalue weighted by molar-refractivity contribution is 5.83. The number of rotatable bonds is 15. The number of ether oxygens (including phenoxy) is 1. The van der Waals surface area contributed by atoms with E-state index in [0.29, 0.717) is 13.0 Å². The molecule has 254 valence electrons. The van der Waals surface area contributed by atoms with Crippen LogP contribution in [0, 0.1) is 0 Å². The van der Waals surface area contributed by atoms with Gasteiger partial charge in [-0.1, -0.05) is 98.8 Å². The Hall–Kier alpha value is -4.43. The Bertz CT molecular complexity index is 1610. The second-order valence-corrected chi connectivity index (χ2v) is 12.5. The van der Waals surface area contributed by atoms with Crippen LogP contribution >= 0.6 is 0 Å². The number of para-hydroxylation sites is 1. The smallest absolute Gasteiger partial charge is 0.389 e. The average molecular weight is 657 g/mol. The van der Waals surface area contributed by atoms with Gasteiger partial charge in [0.15, 0.2) is 0 Å². The summed E-state index contributed by atoms with van der Waals surface area (Å²) in [6, 6.07) is 35.7. The topological polar surface area (TPSA) is 66.3 Å². The highest BCUT2D eigenvalue weighted by Gasteiger charge is 2.25. The van der Waals surface area contributed by atoms with Gasteiger partial charge in [0.05, 0.1) is 6.61 Å². The van der Waals surface area contributed by atoms with Crippen molar-refractivity contribution < 1.29 is 17.9 Å². The molecule has 0 fully saturated rings. The van der Waals surface area contributed by atoms with Gasteiger partial charge in [0.25, 0.3) is 0 Å². The van der Waals surface area contributed by atoms with Crippen molar-refractivity contribution in [1.29, 1.82) is 0 Å². The lowest BCUT2D eigenvalue weighted by Gasteiger charge is -2.18. The van der Waals surface area contributed by atoms with Gasteiger partial charge in [-0.3, -0.25) is 0 Å². The minimum Gasteiger partial charge on any atom is -0.494 e. The van der Waals surface area contributed by atoms with Crippen LogP contribution in [0.15, 0.2) is 103 Å². The maximum Gasteiger partial charge on any atom is 0.389 e. The number of benzene rings is 4. The van der Waals surface area contributed by atoms with Crippen LogP contribution in [0.3, 0.4) is 0 Å². The van der Waals surface area contributed by atoms with Gasteiger partial charge < -0.3 is 25.7 Å². The highest BCUT2D eigenvalue weighted by atomic mass is 19.4. The minimum absolute atomic E-state index is 0.250. The van der Waals surface area contributed by atoms with Gasteiger partial charge in [-0.15, -0.1) is 0 Å². The summed E-state index contributed by atoms with van der Waals surface area (Å²) in [7, 11) is 0. The molecule has 0 saturated heterocycles. The standard InChI is InChI=1S/C32H39F3N2O.C8H8N2/c33-32(34,35)20-8-4-2-1-3-5-9-21-38-31-18-14-27(15-19-31)23-36-22-26-12-16-30(17-13-26)37-24-28-10-6-7-11-29(28)25-37;9-8-5-6-3-1-2-4-7(6)10-8/h6-7,10-19,36H,1-5,8-9,20-25H2;1-5,10H,9H2. The van der Waals surface area contributed by atoms with Crippen molar-refractivity contribution in [3.63, 3.8) is 0 Å². The molecule has 6 rings (SSSR count). The molecular formula is C40H47F3N4O. The molecule has 0 saturated carbocycles. The fourth-order valence-corrected chi connectivity index (χ4v) is 5.99. The Balaban J connectivity index is 0.000000380. The van der Waals surface area contributed by atoms with E-state index >= 15 is 0 Å². The third-order valence-corrected chi connectivity index (χ3v) is 8.65. The van der Waals surface area contributed by atoms with Crippen molar-refractivity contribution >= 4 is 22.4 Å². The van der Waals surface area contributed by atoms with Gasteiger partial charge in [0.2, 0.25) is 0 Å². The predicted octanol–water partition coefficient (Wildman–Crippen LogP) is 10.3. The number of hydrogen-bond donors (Lipinski definition) is 3. The number of aromatic nitrogens is 1. The second kappa shape index (κ2) is 17.6. The largest absolute Gasteiger partial charge is 0.494 e. The Kier molecular flexibility index (Phi) is 12.8. The summed E-state index contributed by atoms with van der Waals surface area (Å²) in [5.41, 5.74) is 13.2. The number of aromatic amines is 1. The third kappa shape index (κ3) is 11.4. The Morgan fingerprint density at radius 2 is 1.25 bits per heavy atom. The molecule has 1 aliphatic rings. The zero-order valence-electron chi connectivity index (χ0n) is 27.6. The molecule has 8 heteroatoms. The molecule has 4 N–H and O–H groups in total. The van der Waals surface area contributed by atoms with Crippen LogP contribution < -0.4 is 20.7 Å². The number of halogens is 3. The van der Waals surface area contributed by atoms with Gasteiger partial charge in [0, 0.05) is 49.2 Å². The summed E-state index contributed by atoms with van der Waals surface area (Å²) in [5.74, 6) is 1.60. The summed E-state index contributed by atoms with van der Waals surface area (Å²) in [4.78, 5) is 5.45. The number of alkyl halides is 3. The molecule has 5 aromatic rings. The maximum atomic E-state index is 12.1. The molecule has 0 bridgehead atoms. The first kappa shape index (κ1) is 34.9. The van der Waals surface area contributed by atoms with Crippen molar-refractivity contribution in [2.45, 2.75) is 83.7 Å². The fourth-order valence-electron chi connectivity index (χ4n) is 5.99. The molecule has 0 unspecified atom stereocenters. The Labute approximate surface area is 282 Å². The highest BCUT2D eigenvalue weighted by Crippen LogP contribution is 2.28. The van der Waals surface area contributed by atoms with Crippen LogP contribution in [-0.4, -0.2) is 17.8 Å². The van der Waals surface area contributed by atoms with Gasteiger partial charge in [0.1, 0.15) is 11.6 Å². The fraction of sp³-hybridized carbons (Fsp3) is 0.350. The first-order valence-electron chi connectivity index (χ1n) is 17.1. The van der Waals surface area contributed by atoms with Gasteiger partial charge in [-0.2, -0.15) is 13.2 Å². The number of nitrogens with one attached hydrogen (secondary N) is 2. The number of nitrogen functional groups attached to an aromatic ring is 1. The van der Waals surface area contributed by atoms with E-state index < -0.39 is 12.6 Å². The Morgan fingerprint density at radius 1 is 0.688 bits per heavy atom. The van der Waals surface area contributed by atoms with E-state index in [9.17, 15) is 13.2 Å². The van der Waals surface area contributed by atoms with E-state index in [1.807, 2.05) is 42.5 Å². The molecular weight excluding hydrogens is 609 g/mol. The lowest BCUT2D eigenvalue weighted by molar-refractivity contribution is -0.135. The summed E-state index contributed by atoms with van der Waals surface area (Å²) in [5, 5.41) is 4.69. The van der Waals surface area contributed by atoms with Crippen molar-refractivity contribution in [2.75, 3.05) is 17.2 Å². The molecule has 48 heavy (non-hydrogen) atoms. The zero-order valence-corrected chi connectivity index (χ0v) is 27.6. The van der Waals surface area contributed by atoms with Crippen LogP contribution in [0.4, 0.5) is 24.7 Å². The minimum atomic E-state index is -4.01. The van der Waals surface area contributed by atoms with Crippen molar-refractivity contribution in [2.24, 2.45) is 0 Å². The number of hydrogen-bond acceptors (Lipinski definition) is 4. The molecule has 0 amide bonds. The van der Waals surface area contributed by atoms with E-state index in [-0.39, 0.29) is 6.42 Å². The molecule has 0 atom stereocenters. The van der Waals surface area contributed by atoms with Gasteiger partial charge in [-0.25, -0.2) is 0 Å². The summed E-state index contributed by atoms with van der Waals surface area (Å²) in [6.45, 7) is 4.24. The molecule has 4 aromatic carbocycles. The van der Waals surface area contributed by atoms with E-state index in [1.54, 1.807) is 0 Å². The van der Waals surface area contributed by atoms with Gasteiger partial charge in [-0.05, 0) is 71.5 Å². The van der Waals surface area contributed by atoms with Crippen LogP contribution in [0.25, 0.3) is 10.9 Å². The van der Waals surface area contributed by atoms with Crippen LogP contribution in [0.5, 0.6) is 5.75 Å². The number of nitrogens with zero attached hydrogens (tertiary/aromatic N) is 1. The predicted molar refractivity (Wildman–Crippen MR) is 191 cm³/mol. The lowest BCUT2D eigenvalue weighted by atomic mass is 10.1. The zero-order chi connectivity index (χ0) is 33.6. The summed E-state index contributed by atoms with van der Waals surface area (Å²) >= 11 is 0. The normalized spacial score (nSPS) is 12.5. The number of unbranched alkanes of at least 4 members (excludes halogenated alkanes) is 6. The molecule has 1 aliphatic heterocycles. The van der Waals surface area contributed by atoms with E-state index in [4.69, 9.17) is 10.5 Å². The van der Waals surface area contributed by atoms with Crippen LogP contribution in [0.1, 0.15) is 73.6 Å². The van der Waals surface area contributed by atoms with Crippen LogP contribution in [-0.2, 0) is 26.2 Å². The number of anilines is 2. The molecule has 2 heterocycles. The quantitative estimate of drug-likeness (QED) is 0.0982.